The highest BCUT2D eigenvalue weighted by Gasteiger charge is 2.37. The second kappa shape index (κ2) is 9.30. The zero-order chi connectivity index (χ0) is 21.1. The minimum atomic E-state index is -0.308. The lowest BCUT2D eigenvalue weighted by atomic mass is 9.87. The Labute approximate surface area is 179 Å². The van der Waals surface area contributed by atoms with E-state index in [-0.39, 0.29) is 11.7 Å². The summed E-state index contributed by atoms with van der Waals surface area (Å²) in [5.41, 5.74) is 3.14. The normalized spacial score (nSPS) is 22.6. The number of carbonyl (C=O) groups is 1. The Morgan fingerprint density at radius 3 is 2.33 bits per heavy atom. The van der Waals surface area contributed by atoms with Crippen molar-refractivity contribution in [2.24, 2.45) is 5.92 Å². The van der Waals surface area contributed by atoms with Gasteiger partial charge in [0, 0.05) is 37.2 Å². The van der Waals surface area contributed by atoms with E-state index in [1.807, 2.05) is 4.90 Å². The Bertz CT molecular complexity index is 842. The molecular formula is C26H33FN2O. The van der Waals surface area contributed by atoms with Crippen LogP contribution >= 0.6 is 0 Å². The lowest BCUT2D eigenvalue weighted by Crippen LogP contribution is -2.38. The fourth-order valence-corrected chi connectivity index (χ4v) is 5.23. The number of halogens is 1. The third-order valence-corrected chi connectivity index (χ3v) is 7.05. The van der Waals surface area contributed by atoms with E-state index in [0.717, 1.165) is 19.6 Å². The van der Waals surface area contributed by atoms with Crippen molar-refractivity contribution >= 4 is 5.91 Å². The van der Waals surface area contributed by atoms with Crippen molar-refractivity contribution in [3.05, 3.63) is 71.0 Å². The first kappa shape index (κ1) is 21.0. The summed E-state index contributed by atoms with van der Waals surface area (Å²) in [4.78, 5) is 17.6. The van der Waals surface area contributed by atoms with Gasteiger partial charge in [0.15, 0.2) is 0 Å². The SMILES string of the molecule is Cc1ccc([C@@H]2CN(C(=O)c3ccc(F)cc3)C[C@@H]2CN(C)C2CCCCC2)cc1. The van der Waals surface area contributed by atoms with E-state index in [4.69, 9.17) is 0 Å². The summed E-state index contributed by atoms with van der Waals surface area (Å²) in [5.74, 6) is 0.442. The molecule has 3 nitrogen and oxygen atoms in total. The first-order valence-electron chi connectivity index (χ1n) is 11.3. The van der Waals surface area contributed by atoms with E-state index in [1.165, 1.54) is 55.4 Å². The third kappa shape index (κ3) is 4.75. The highest BCUT2D eigenvalue weighted by Crippen LogP contribution is 2.35. The van der Waals surface area contributed by atoms with Crippen LogP contribution in [0.2, 0.25) is 0 Å². The number of nitrogens with zero attached hydrogens (tertiary/aromatic N) is 2. The second-order valence-corrected chi connectivity index (χ2v) is 9.23. The molecule has 4 heteroatoms. The number of hydrogen-bond acceptors (Lipinski definition) is 2. The van der Waals surface area contributed by atoms with Crippen molar-refractivity contribution in [3.8, 4) is 0 Å². The van der Waals surface area contributed by atoms with Gasteiger partial charge < -0.3 is 9.80 Å². The van der Waals surface area contributed by atoms with Crippen LogP contribution in [0.4, 0.5) is 4.39 Å². The Kier molecular flexibility index (Phi) is 6.52. The van der Waals surface area contributed by atoms with Gasteiger partial charge in [-0.3, -0.25) is 4.79 Å². The molecule has 0 radical (unpaired) electrons. The molecule has 1 heterocycles. The van der Waals surface area contributed by atoms with Crippen molar-refractivity contribution in [1.82, 2.24) is 9.80 Å². The van der Waals surface area contributed by atoms with Crippen molar-refractivity contribution in [3.63, 3.8) is 0 Å². The summed E-state index contributed by atoms with van der Waals surface area (Å²) in [6.45, 7) is 4.60. The summed E-state index contributed by atoms with van der Waals surface area (Å²) in [6, 6.07) is 15.4. The molecule has 0 bridgehead atoms. The second-order valence-electron chi connectivity index (χ2n) is 9.23. The highest BCUT2D eigenvalue weighted by atomic mass is 19.1. The van der Waals surface area contributed by atoms with Gasteiger partial charge in [-0.15, -0.1) is 0 Å². The quantitative estimate of drug-likeness (QED) is 0.674. The van der Waals surface area contributed by atoms with Crippen molar-refractivity contribution in [1.29, 1.82) is 0 Å². The monoisotopic (exact) mass is 408 g/mol. The van der Waals surface area contributed by atoms with Crippen LogP contribution in [0.5, 0.6) is 0 Å². The Morgan fingerprint density at radius 1 is 1.00 bits per heavy atom. The molecule has 30 heavy (non-hydrogen) atoms. The van der Waals surface area contributed by atoms with Gasteiger partial charge in [-0.05, 0) is 62.6 Å². The fraction of sp³-hybridized carbons (Fsp3) is 0.500. The number of carbonyl (C=O) groups excluding carboxylic acids is 1. The Hall–Kier alpha value is -2.20. The molecule has 0 aromatic heterocycles. The first-order chi connectivity index (χ1) is 14.5. The molecule has 2 fully saturated rings. The molecule has 2 aromatic carbocycles. The highest BCUT2D eigenvalue weighted by molar-refractivity contribution is 5.94. The maximum Gasteiger partial charge on any atom is 0.253 e. The lowest BCUT2D eigenvalue weighted by molar-refractivity contribution is 0.0780. The molecule has 0 N–H and O–H groups in total. The van der Waals surface area contributed by atoms with Crippen LogP contribution in [-0.2, 0) is 0 Å². The zero-order valence-electron chi connectivity index (χ0n) is 18.2. The van der Waals surface area contributed by atoms with E-state index in [0.29, 0.717) is 23.4 Å². The maximum absolute atomic E-state index is 13.3. The van der Waals surface area contributed by atoms with Crippen molar-refractivity contribution in [2.45, 2.75) is 51.0 Å². The summed E-state index contributed by atoms with van der Waals surface area (Å²) in [6.07, 6.45) is 6.60. The summed E-state index contributed by atoms with van der Waals surface area (Å²) >= 11 is 0. The van der Waals surface area contributed by atoms with E-state index in [2.05, 4.69) is 43.1 Å². The predicted octanol–water partition coefficient (Wildman–Crippen LogP) is 5.25. The van der Waals surface area contributed by atoms with Crippen LogP contribution in [0.15, 0.2) is 48.5 Å². The minimum Gasteiger partial charge on any atom is -0.338 e. The number of hydrogen-bond donors (Lipinski definition) is 0. The molecule has 160 valence electrons. The van der Waals surface area contributed by atoms with Gasteiger partial charge in [-0.25, -0.2) is 4.39 Å². The van der Waals surface area contributed by atoms with Gasteiger partial charge in [-0.2, -0.15) is 0 Å². The number of likely N-dealkylation sites (tertiary alicyclic amines) is 1. The van der Waals surface area contributed by atoms with Crippen molar-refractivity contribution in [2.75, 3.05) is 26.7 Å². The molecule has 0 spiro atoms. The van der Waals surface area contributed by atoms with E-state index < -0.39 is 0 Å². The van der Waals surface area contributed by atoms with Gasteiger partial charge in [-0.1, -0.05) is 49.1 Å². The van der Waals surface area contributed by atoms with Gasteiger partial charge >= 0.3 is 0 Å². The van der Waals surface area contributed by atoms with Crippen molar-refractivity contribution < 1.29 is 9.18 Å². The summed E-state index contributed by atoms with van der Waals surface area (Å²) in [7, 11) is 2.26. The third-order valence-electron chi connectivity index (χ3n) is 7.05. The van der Waals surface area contributed by atoms with E-state index in [1.54, 1.807) is 12.1 Å². The molecule has 1 amide bonds. The van der Waals surface area contributed by atoms with E-state index >= 15 is 0 Å². The topological polar surface area (TPSA) is 23.6 Å². The largest absolute Gasteiger partial charge is 0.338 e. The maximum atomic E-state index is 13.3. The molecule has 2 aliphatic rings. The Balaban J connectivity index is 1.52. The number of aryl methyl sites for hydroxylation is 1. The van der Waals surface area contributed by atoms with Gasteiger partial charge in [0.2, 0.25) is 0 Å². The number of benzene rings is 2. The molecule has 4 rings (SSSR count). The average molecular weight is 409 g/mol. The van der Waals surface area contributed by atoms with Crippen LogP contribution < -0.4 is 0 Å². The average Bonchev–Trinajstić information content (AvgIpc) is 3.18. The number of rotatable bonds is 5. The van der Waals surface area contributed by atoms with Crippen LogP contribution in [0.1, 0.15) is 59.5 Å². The number of amides is 1. The molecule has 1 saturated carbocycles. The zero-order valence-corrected chi connectivity index (χ0v) is 18.2. The van der Waals surface area contributed by atoms with Crippen LogP contribution in [0, 0.1) is 18.7 Å². The van der Waals surface area contributed by atoms with Crippen LogP contribution in [0.25, 0.3) is 0 Å². The molecule has 1 aliphatic carbocycles. The molecule has 0 unspecified atom stereocenters. The van der Waals surface area contributed by atoms with E-state index in [9.17, 15) is 9.18 Å². The molecular weight excluding hydrogens is 375 g/mol. The van der Waals surface area contributed by atoms with Gasteiger partial charge in [0.25, 0.3) is 5.91 Å². The smallest absolute Gasteiger partial charge is 0.253 e. The molecule has 2 aromatic rings. The van der Waals surface area contributed by atoms with Gasteiger partial charge in [0.1, 0.15) is 5.82 Å². The molecule has 1 saturated heterocycles. The predicted molar refractivity (Wildman–Crippen MR) is 119 cm³/mol. The first-order valence-corrected chi connectivity index (χ1v) is 11.3. The standard InChI is InChI=1S/C26H33FN2O/c1-19-8-10-20(11-9-19)25-18-29(26(30)21-12-14-23(27)15-13-21)17-22(25)16-28(2)24-6-4-3-5-7-24/h8-15,22,24-25H,3-7,16-18H2,1-2H3/t22-,25-/m0/s1. The lowest BCUT2D eigenvalue weighted by Gasteiger charge is -2.34. The van der Waals surface area contributed by atoms with Crippen LogP contribution in [-0.4, -0.2) is 48.4 Å². The molecule has 2 atom stereocenters. The summed E-state index contributed by atoms with van der Waals surface area (Å²) in [5, 5.41) is 0. The Morgan fingerprint density at radius 2 is 1.67 bits per heavy atom. The fourth-order valence-electron chi connectivity index (χ4n) is 5.23. The van der Waals surface area contributed by atoms with Crippen LogP contribution in [0.3, 0.4) is 0 Å². The van der Waals surface area contributed by atoms with Gasteiger partial charge in [0.05, 0.1) is 0 Å². The molecule has 1 aliphatic heterocycles. The minimum absolute atomic E-state index is 0.00920. The summed E-state index contributed by atoms with van der Waals surface area (Å²) < 4.78 is 13.3.